The molecule has 1 aliphatic heterocycles. The normalized spacial score (nSPS) is 25.3. The maximum absolute atomic E-state index is 14.1. The van der Waals surface area contributed by atoms with Crippen LogP contribution >= 0.6 is 11.8 Å². The number of thioether (sulfide) groups is 1. The highest BCUT2D eigenvalue weighted by Gasteiger charge is 2.23. The van der Waals surface area contributed by atoms with Crippen molar-refractivity contribution in [1.82, 2.24) is 4.90 Å². The van der Waals surface area contributed by atoms with E-state index in [-0.39, 0.29) is 12.4 Å². The molecule has 1 aliphatic rings. The van der Waals surface area contributed by atoms with E-state index in [0.717, 1.165) is 18.7 Å². The first-order valence-electron chi connectivity index (χ1n) is 6.44. The lowest BCUT2D eigenvalue weighted by molar-refractivity contribution is 0.259. The summed E-state index contributed by atoms with van der Waals surface area (Å²) in [4.78, 5) is 2.34. The Morgan fingerprint density at radius 3 is 2.50 bits per heavy atom. The van der Waals surface area contributed by atoms with Crippen LogP contribution in [0.15, 0.2) is 18.2 Å². The van der Waals surface area contributed by atoms with Gasteiger partial charge in [-0.25, -0.2) is 4.39 Å². The van der Waals surface area contributed by atoms with Crippen molar-refractivity contribution in [3.05, 3.63) is 35.1 Å². The van der Waals surface area contributed by atoms with Gasteiger partial charge in [-0.05, 0) is 0 Å². The number of nitrogens with two attached hydrogens (primary N) is 1. The van der Waals surface area contributed by atoms with E-state index in [9.17, 15) is 4.39 Å². The van der Waals surface area contributed by atoms with E-state index in [1.165, 1.54) is 0 Å². The molecular weight excluding hydrogens is 247 g/mol. The Morgan fingerprint density at radius 1 is 1.28 bits per heavy atom. The molecule has 2 unspecified atom stereocenters. The number of benzene rings is 1. The monoisotopic (exact) mass is 268 g/mol. The summed E-state index contributed by atoms with van der Waals surface area (Å²) in [5, 5.41) is 1.24. The van der Waals surface area contributed by atoms with E-state index in [4.69, 9.17) is 5.73 Å². The maximum Gasteiger partial charge on any atom is 0.132 e. The molecule has 0 aromatic heterocycles. The SMILES string of the molecule is CC1CN(Cc2cccc(CN)c2F)CC(C)S1. The van der Waals surface area contributed by atoms with Crippen molar-refractivity contribution in [2.45, 2.75) is 37.4 Å². The zero-order chi connectivity index (χ0) is 13.1. The maximum atomic E-state index is 14.1. The van der Waals surface area contributed by atoms with Crippen molar-refractivity contribution in [2.75, 3.05) is 13.1 Å². The van der Waals surface area contributed by atoms with Gasteiger partial charge in [0.25, 0.3) is 0 Å². The lowest BCUT2D eigenvalue weighted by atomic mass is 10.1. The van der Waals surface area contributed by atoms with Gasteiger partial charge >= 0.3 is 0 Å². The Kier molecular flexibility index (Phi) is 4.65. The van der Waals surface area contributed by atoms with E-state index in [2.05, 4.69) is 18.7 Å². The van der Waals surface area contributed by atoms with Crippen LogP contribution in [0.1, 0.15) is 25.0 Å². The molecule has 2 nitrogen and oxygen atoms in total. The quantitative estimate of drug-likeness (QED) is 0.913. The smallest absolute Gasteiger partial charge is 0.132 e. The fraction of sp³-hybridized carbons (Fsp3) is 0.571. The number of hydrogen-bond acceptors (Lipinski definition) is 3. The van der Waals surface area contributed by atoms with Crippen molar-refractivity contribution in [3.8, 4) is 0 Å². The minimum atomic E-state index is -0.126. The molecule has 1 fully saturated rings. The lowest BCUT2D eigenvalue weighted by Gasteiger charge is -2.34. The molecule has 18 heavy (non-hydrogen) atoms. The van der Waals surface area contributed by atoms with Gasteiger partial charge in [0.15, 0.2) is 0 Å². The molecule has 0 bridgehead atoms. The third-order valence-electron chi connectivity index (χ3n) is 3.27. The van der Waals surface area contributed by atoms with Gasteiger partial charge in [0.1, 0.15) is 5.82 Å². The molecule has 100 valence electrons. The number of rotatable bonds is 3. The largest absolute Gasteiger partial charge is 0.326 e. The Balaban J connectivity index is 2.09. The summed E-state index contributed by atoms with van der Waals surface area (Å²) in [5.74, 6) is -0.126. The van der Waals surface area contributed by atoms with Gasteiger partial charge in [-0.2, -0.15) is 11.8 Å². The van der Waals surface area contributed by atoms with Gasteiger partial charge in [0, 0.05) is 47.8 Å². The number of hydrogen-bond donors (Lipinski definition) is 1. The molecule has 0 aliphatic carbocycles. The minimum Gasteiger partial charge on any atom is -0.326 e. The zero-order valence-corrected chi connectivity index (χ0v) is 11.8. The summed E-state index contributed by atoms with van der Waals surface area (Å²) in [6.07, 6.45) is 0. The first kappa shape index (κ1) is 13.8. The standard InChI is InChI=1S/C14H21FN2S/c1-10-7-17(8-11(2)18-10)9-13-5-3-4-12(6-16)14(13)15/h3-5,10-11H,6-9,16H2,1-2H3. The molecule has 0 saturated carbocycles. The first-order chi connectivity index (χ1) is 8.60. The Labute approximate surface area is 113 Å². The second-order valence-electron chi connectivity index (χ2n) is 5.05. The Morgan fingerprint density at radius 2 is 1.89 bits per heavy atom. The van der Waals surface area contributed by atoms with Crippen LogP contribution in [-0.4, -0.2) is 28.5 Å². The molecule has 0 amide bonds. The van der Waals surface area contributed by atoms with Gasteiger partial charge in [0.05, 0.1) is 0 Å². The van der Waals surface area contributed by atoms with Gasteiger partial charge in [-0.1, -0.05) is 32.0 Å². The number of halogens is 1. The summed E-state index contributed by atoms with van der Waals surface area (Å²) in [6.45, 7) is 7.49. The van der Waals surface area contributed by atoms with Crippen LogP contribution in [0.25, 0.3) is 0 Å². The lowest BCUT2D eigenvalue weighted by Crippen LogP contribution is -2.39. The summed E-state index contributed by atoms with van der Waals surface area (Å²) >= 11 is 2.01. The molecule has 4 heteroatoms. The molecule has 0 radical (unpaired) electrons. The van der Waals surface area contributed by atoms with E-state index in [1.54, 1.807) is 6.07 Å². The molecule has 1 saturated heterocycles. The topological polar surface area (TPSA) is 29.3 Å². The Hall–Kier alpha value is -0.580. The van der Waals surface area contributed by atoms with Crippen LogP contribution in [0.2, 0.25) is 0 Å². The van der Waals surface area contributed by atoms with Crippen LogP contribution in [0.3, 0.4) is 0 Å². The van der Waals surface area contributed by atoms with Crippen molar-refractivity contribution in [3.63, 3.8) is 0 Å². The summed E-state index contributed by atoms with van der Waals surface area (Å²) < 4.78 is 14.1. The van der Waals surface area contributed by atoms with Crippen LogP contribution < -0.4 is 5.73 Å². The van der Waals surface area contributed by atoms with E-state index in [1.807, 2.05) is 23.9 Å². The molecule has 1 heterocycles. The fourth-order valence-electron chi connectivity index (χ4n) is 2.57. The first-order valence-corrected chi connectivity index (χ1v) is 7.38. The minimum absolute atomic E-state index is 0.126. The average Bonchev–Trinajstić information content (AvgIpc) is 2.30. The Bertz CT molecular complexity index is 401. The van der Waals surface area contributed by atoms with E-state index < -0.39 is 0 Å². The summed E-state index contributed by atoms with van der Waals surface area (Å²) in [6, 6.07) is 5.52. The number of nitrogens with zero attached hydrogens (tertiary/aromatic N) is 1. The van der Waals surface area contributed by atoms with Crippen LogP contribution in [0, 0.1) is 5.82 Å². The molecule has 0 spiro atoms. The molecule has 1 aromatic carbocycles. The van der Waals surface area contributed by atoms with Gasteiger partial charge in [-0.15, -0.1) is 0 Å². The molecule has 1 aromatic rings. The van der Waals surface area contributed by atoms with Crippen molar-refractivity contribution >= 4 is 11.8 Å². The van der Waals surface area contributed by atoms with Crippen molar-refractivity contribution in [1.29, 1.82) is 0 Å². The van der Waals surface area contributed by atoms with E-state index in [0.29, 0.717) is 22.6 Å². The van der Waals surface area contributed by atoms with Gasteiger partial charge in [-0.3, -0.25) is 4.90 Å². The molecule has 2 atom stereocenters. The predicted octanol–water partition coefficient (Wildman–Crippen LogP) is 2.61. The summed E-state index contributed by atoms with van der Waals surface area (Å²) in [5.41, 5.74) is 6.92. The van der Waals surface area contributed by atoms with Crippen molar-refractivity contribution in [2.24, 2.45) is 5.73 Å². The van der Waals surface area contributed by atoms with Gasteiger partial charge in [0.2, 0.25) is 0 Å². The fourth-order valence-corrected chi connectivity index (χ4v) is 3.95. The predicted molar refractivity (Wildman–Crippen MR) is 76.1 cm³/mol. The second-order valence-corrected chi connectivity index (χ2v) is 6.93. The second kappa shape index (κ2) is 6.04. The van der Waals surface area contributed by atoms with Crippen LogP contribution in [-0.2, 0) is 13.1 Å². The molecule has 2 rings (SSSR count). The highest BCUT2D eigenvalue weighted by Crippen LogP contribution is 2.26. The molecule has 2 N–H and O–H groups in total. The zero-order valence-electron chi connectivity index (χ0n) is 11.0. The highest BCUT2D eigenvalue weighted by molar-refractivity contribution is 8.00. The van der Waals surface area contributed by atoms with Crippen molar-refractivity contribution < 1.29 is 4.39 Å². The third-order valence-corrected chi connectivity index (χ3v) is 4.50. The molecular formula is C14H21FN2S. The highest BCUT2D eigenvalue weighted by atomic mass is 32.2. The average molecular weight is 268 g/mol. The van der Waals surface area contributed by atoms with Crippen LogP contribution in [0.5, 0.6) is 0 Å². The summed E-state index contributed by atoms with van der Waals surface area (Å²) in [7, 11) is 0. The third kappa shape index (κ3) is 3.25. The van der Waals surface area contributed by atoms with Crippen LogP contribution in [0.4, 0.5) is 4.39 Å². The van der Waals surface area contributed by atoms with Gasteiger partial charge < -0.3 is 5.73 Å². The van der Waals surface area contributed by atoms with E-state index >= 15 is 0 Å².